The minimum absolute atomic E-state index is 0.00831. The lowest BCUT2D eigenvalue weighted by Gasteiger charge is -2.26. The van der Waals surface area contributed by atoms with Gasteiger partial charge >= 0.3 is 11.9 Å². The summed E-state index contributed by atoms with van der Waals surface area (Å²) in [5.74, 6) is -7.59. The number of rotatable bonds is 76. The molecule has 10 N–H and O–H groups in total. The van der Waals surface area contributed by atoms with Crippen molar-refractivity contribution < 1.29 is 115 Å². The zero-order valence-corrected chi connectivity index (χ0v) is 70.4. The van der Waals surface area contributed by atoms with E-state index in [0.29, 0.717) is 99.3 Å². The third kappa shape index (κ3) is 52.7. The summed E-state index contributed by atoms with van der Waals surface area (Å²) in [6.07, 6.45) is 10.0. The molecule has 5 amide bonds. The number of carbonyl (C=O) groups excluding carboxylic acids is 12. The van der Waals surface area contributed by atoms with Crippen molar-refractivity contribution in [3.05, 3.63) is 87.9 Å². The number of hydrogen-bond donors (Lipinski definition) is 9. The first-order chi connectivity index (χ1) is 56.6. The lowest BCUT2D eigenvalue weighted by Crippen LogP contribution is -2.41. The molecule has 0 radical (unpaired) electrons. The molecule has 118 heavy (non-hydrogen) atoms. The van der Waals surface area contributed by atoms with Crippen LogP contribution in [0, 0.1) is 23.2 Å². The molecule has 0 aliphatic carbocycles. The van der Waals surface area contributed by atoms with Crippen molar-refractivity contribution in [2.24, 2.45) is 28.9 Å². The van der Waals surface area contributed by atoms with E-state index in [1.54, 1.807) is 44.3 Å². The van der Waals surface area contributed by atoms with Gasteiger partial charge in [-0.05, 0) is 126 Å². The number of benzene rings is 2. The molecule has 5 atom stereocenters. The van der Waals surface area contributed by atoms with Gasteiger partial charge in [-0.15, -0.1) is 0 Å². The molecule has 660 valence electrons. The van der Waals surface area contributed by atoms with E-state index in [9.17, 15) is 77.3 Å². The van der Waals surface area contributed by atoms with Gasteiger partial charge in [-0.1, -0.05) is 74.2 Å². The Labute approximate surface area is 702 Å². The van der Waals surface area contributed by atoms with Crippen LogP contribution in [0.2, 0.25) is 10.0 Å². The minimum Gasteiger partial charge on any atom is -0.481 e. The highest BCUT2D eigenvalue weighted by Gasteiger charge is 2.35. The number of unbranched alkanes of at least 4 members (excludes halogenated alkanes) is 2. The van der Waals surface area contributed by atoms with E-state index in [1.807, 2.05) is 24.3 Å². The van der Waals surface area contributed by atoms with Gasteiger partial charge in [-0.2, -0.15) is 0 Å². The third-order valence-corrected chi connectivity index (χ3v) is 19.7. The van der Waals surface area contributed by atoms with Crippen molar-refractivity contribution in [3.63, 3.8) is 0 Å². The molecule has 0 unspecified atom stereocenters. The molecule has 0 saturated carbocycles. The van der Waals surface area contributed by atoms with E-state index < -0.39 is 53.1 Å². The van der Waals surface area contributed by atoms with Gasteiger partial charge in [-0.25, -0.2) is 9.78 Å². The highest BCUT2D eigenvalue weighted by Crippen LogP contribution is 2.30. The number of ketones is 7. The van der Waals surface area contributed by atoms with Crippen LogP contribution < -0.4 is 32.3 Å². The van der Waals surface area contributed by atoms with Gasteiger partial charge in [0.15, 0.2) is 11.6 Å². The number of carboxylic acids is 2. The molecular formula is C84H126Cl2N8O24. The number of nitrogens with zero attached hydrogens (tertiary/aromatic N) is 1. The average molecular weight is 1700 g/mol. The Balaban J connectivity index is 1.22. The van der Waals surface area contributed by atoms with E-state index >= 15 is 0 Å². The molecular weight excluding hydrogens is 1580 g/mol. The van der Waals surface area contributed by atoms with E-state index in [0.717, 1.165) is 11.1 Å². The molecule has 32 nitrogen and oxygen atoms in total. The second-order valence-electron chi connectivity index (χ2n) is 29.7. The number of amides is 5. The zero-order chi connectivity index (χ0) is 86.6. The standard InChI is InChI=1S/C84H126Cl2N8O24/c1-60(95)63(14-4-6-34-89-80(105)57-118-49-45-114-41-37-92-81(106)58-117-48-42-111-38-10-17-69(96)30-31-73(83(109)110)94-78(103)19-9-13-62-22-28-67(86)29-23-62)24-32-74(99)64(51-76(101)84(2,3)53-75(100)72(87)52-68-54-88-59-93-68)15-5-7-35-90-79(104)56-116-47-43-112-39-11-18-71(98)55-115-46-44-113-40-36-91-77(102)33-25-65(82(107)108)50-70(97)16-8-12-61-20-26-66(85)27-21-61/h20-23,26-29,54,59,63-65,72-73H,4-19,24-25,30-53,55-58,87H2,1-3H3,(H,88,93)(H,89,105)(H,90,104)(H,91,102)(H,92,106)(H,94,103)(H,107,108)(H,109,110)/t63-,64-,65-,72+,73+/m1/s1. The van der Waals surface area contributed by atoms with Gasteiger partial charge in [0.25, 0.3) is 0 Å². The van der Waals surface area contributed by atoms with Gasteiger partial charge in [0.2, 0.25) is 29.5 Å². The van der Waals surface area contributed by atoms with Crippen LogP contribution in [0.3, 0.4) is 0 Å². The number of aromatic nitrogens is 2. The Morgan fingerprint density at radius 1 is 0.441 bits per heavy atom. The average Bonchev–Trinajstić information content (AvgIpc) is 0.876. The van der Waals surface area contributed by atoms with E-state index in [-0.39, 0.29) is 279 Å². The first-order valence-electron chi connectivity index (χ1n) is 40.9. The summed E-state index contributed by atoms with van der Waals surface area (Å²) < 4.78 is 43.6. The van der Waals surface area contributed by atoms with E-state index in [4.69, 9.17) is 66.8 Å². The fraction of sp³-hybridized carbons (Fsp3) is 0.655. The lowest BCUT2D eigenvalue weighted by molar-refractivity contribution is -0.144. The molecule has 0 aliphatic heterocycles. The fourth-order valence-electron chi connectivity index (χ4n) is 12.2. The molecule has 34 heteroatoms. The molecule has 0 aliphatic rings. The van der Waals surface area contributed by atoms with Gasteiger partial charge in [-0.3, -0.25) is 62.3 Å². The lowest BCUT2D eigenvalue weighted by atomic mass is 9.76. The molecule has 0 fully saturated rings. The van der Waals surface area contributed by atoms with Crippen LogP contribution >= 0.6 is 23.2 Å². The Kier molecular flexibility index (Phi) is 56.3. The number of carboxylic acid groups (broad SMARTS) is 2. The number of aliphatic carboxylic acids is 2. The number of halogens is 2. The highest BCUT2D eigenvalue weighted by atomic mass is 35.5. The van der Waals surface area contributed by atoms with Crippen molar-refractivity contribution in [1.29, 1.82) is 0 Å². The number of nitrogens with two attached hydrogens (primary N) is 1. The first-order valence-corrected chi connectivity index (χ1v) is 41.7. The number of nitrogens with one attached hydrogen (secondary N) is 6. The molecule has 2 aromatic carbocycles. The summed E-state index contributed by atoms with van der Waals surface area (Å²) in [4.78, 5) is 184. The molecule has 0 saturated heterocycles. The van der Waals surface area contributed by atoms with Crippen LogP contribution in [0.15, 0.2) is 61.1 Å². The summed E-state index contributed by atoms with van der Waals surface area (Å²) in [6, 6.07) is 12.5. The van der Waals surface area contributed by atoms with Gasteiger partial charge < -0.3 is 85.4 Å². The SMILES string of the molecule is CC(=O)[C@H](CCCCNC(=O)COCCOCCNC(=O)COCCOCCCC(=O)CC[C@H](NC(=O)CCCc1ccc(Cl)cc1)C(=O)O)CCC(=O)[C@H](CCCCNC(=O)COCCOCCCC(=O)COCCOCCNC(=O)CC[C@H](CC(=O)CCCc1ccc(Cl)cc1)C(=O)O)CC(=O)C(C)(C)CC(=O)[C@@H](N)Cc1cnc[nH]1. The van der Waals surface area contributed by atoms with Crippen LogP contribution in [0.4, 0.5) is 0 Å². The monoisotopic (exact) mass is 1700 g/mol. The maximum Gasteiger partial charge on any atom is 0.326 e. The zero-order valence-electron chi connectivity index (χ0n) is 68.8. The largest absolute Gasteiger partial charge is 0.481 e. The van der Waals surface area contributed by atoms with Crippen molar-refractivity contribution >= 4 is 105 Å². The van der Waals surface area contributed by atoms with Crippen LogP contribution in [0.1, 0.15) is 185 Å². The number of carbonyl (C=O) groups is 14. The molecule has 1 aromatic heterocycles. The Morgan fingerprint density at radius 2 is 0.907 bits per heavy atom. The number of Topliss-reactive ketones (excluding diaryl/α,β-unsaturated/α-hetero) is 7. The van der Waals surface area contributed by atoms with Crippen LogP contribution in [-0.2, 0) is 124 Å². The number of imidazole rings is 1. The first kappa shape index (κ1) is 104. The van der Waals surface area contributed by atoms with Crippen LogP contribution in [0.5, 0.6) is 0 Å². The highest BCUT2D eigenvalue weighted by molar-refractivity contribution is 6.30. The summed E-state index contributed by atoms with van der Waals surface area (Å²) in [6.45, 7) is 7.19. The smallest absolute Gasteiger partial charge is 0.326 e. The second-order valence-corrected chi connectivity index (χ2v) is 30.5. The number of H-pyrrole nitrogens is 1. The predicted molar refractivity (Wildman–Crippen MR) is 438 cm³/mol. The fourth-order valence-corrected chi connectivity index (χ4v) is 12.4. The minimum atomic E-state index is -1.21. The van der Waals surface area contributed by atoms with E-state index in [2.05, 4.69) is 36.6 Å². The molecule has 3 aromatic rings. The van der Waals surface area contributed by atoms with E-state index in [1.165, 1.54) is 13.3 Å². The van der Waals surface area contributed by atoms with Crippen molar-refractivity contribution in [2.45, 2.75) is 200 Å². The number of aromatic amines is 1. The molecule has 0 spiro atoms. The molecule has 3 rings (SSSR count). The number of hydrogen-bond acceptors (Lipinski definition) is 24. The number of aryl methyl sites for hydroxylation is 2. The van der Waals surface area contributed by atoms with Crippen molar-refractivity contribution in [1.82, 2.24) is 36.6 Å². The summed E-state index contributed by atoms with van der Waals surface area (Å²) in [5.41, 5.74) is 7.81. The molecule has 0 bridgehead atoms. The second kappa shape index (κ2) is 63.8. The Hall–Kier alpha value is -8.15. The maximum absolute atomic E-state index is 14.0. The quantitative estimate of drug-likeness (QED) is 0.0253. The van der Waals surface area contributed by atoms with Gasteiger partial charge in [0.1, 0.15) is 61.4 Å². The van der Waals surface area contributed by atoms with Gasteiger partial charge in [0.05, 0.1) is 84.4 Å². The summed E-state index contributed by atoms with van der Waals surface area (Å²) >= 11 is 11.8. The van der Waals surface area contributed by atoms with Crippen LogP contribution in [-0.4, -0.2) is 246 Å². The van der Waals surface area contributed by atoms with Gasteiger partial charge in [0, 0.05) is 149 Å². The van der Waals surface area contributed by atoms with Crippen molar-refractivity contribution in [3.8, 4) is 0 Å². The summed E-state index contributed by atoms with van der Waals surface area (Å²) in [7, 11) is 0. The summed E-state index contributed by atoms with van der Waals surface area (Å²) in [5, 5.41) is 33.8. The third-order valence-electron chi connectivity index (χ3n) is 19.2. The topological polar surface area (TPSA) is 468 Å². The Bertz CT molecular complexity index is 3480. The van der Waals surface area contributed by atoms with Crippen molar-refractivity contribution in [2.75, 3.05) is 132 Å². The Morgan fingerprint density at radius 3 is 1.42 bits per heavy atom. The maximum atomic E-state index is 14.0. The van der Waals surface area contributed by atoms with Crippen LogP contribution in [0.25, 0.3) is 0 Å². The predicted octanol–water partition coefficient (Wildman–Crippen LogP) is 7.17. The molecule has 1 heterocycles. The number of ether oxygens (including phenoxy) is 8. The normalized spacial score (nSPS) is 12.7.